The van der Waals surface area contributed by atoms with Crippen LogP contribution in [-0.2, 0) is 12.4 Å². The number of hydrogen-bond donors (Lipinski definition) is 2. The number of halogens is 12. The molecule has 47 heavy (non-hydrogen) atoms. The van der Waals surface area contributed by atoms with Crippen molar-refractivity contribution >= 4 is 23.7 Å². The van der Waals surface area contributed by atoms with E-state index < -0.39 is 93.0 Å². The fourth-order valence-corrected chi connectivity index (χ4v) is 6.15. The van der Waals surface area contributed by atoms with Gasteiger partial charge in [0, 0.05) is 0 Å². The van der Waals surface area contributed by atoms with Crippen LogP contribution < -0.4 is 11.5 Å². The third kappa shape index (κ3) is 7.23. The van der Waals surface area contributed by atoms with Gasteiger partial charge >= 0.3 is 24.7 Å². The summed E-state index contributed by atoms with van der Waals surface area (Å²) in [7, 11) is 0. The standard InChI is InChI=1S/C26H22F12N8S/c1-9-5-11(3)15(45-21(39)41-19(43-45)25(33,34)35)7-13(9)17(23(27,28)29)47-18(24(30,31)32)14-8-16(12(4)6-10(14)2)46-22(40)42-20(44-46)26(36,37)38/h5-8,17-18H,1-4H3,(H2,39,41,43)(H2,40,42,44). The quantitative estimate of drug-likeness (QED) is 0.196. The summed E-state index contributed by atoms with van der Waals surface area (Å²) in [6, 6.07) is 3.69. The molecule has 0 fully saturated rings. The second kappa shape index (κ2) is 11.8. The zero-order chi connectivity index (χ0) is 35.6. The van der Waals surface area contributed by atoms with Crippen molar-refractivity contribution in [2.75, 3.05) is 11.5 Å². The third-order valence-electron chi connectivity index (χ3n) is 6.83. The maximum Gasteiger partial charge on any atom is 0.453 e. The highest BCUT2D eigenvalue weighted by Crippen LogP contribution is 2.56. The average molecular weight is 707 g/mol. The van der Waals surface area contributed by atoms with E-state index >= 15 is 0 Å². The summed E-state index contributed by atoms with van der Waals surface area (Å²) >= 11 is -0.578. The third-order valence-corrected chi connectivity index (χ3v) is 8.42. The zero-order valence-corrected chi connectivity index (χ0v) is 25.1. The maximum atomic E-state index is 14.7. The molecule has 0 aliphatic rings. The second-order valence-corrected chi connectivity index (χ2v) is 11.6. The Labute approximate surface area is 261 Å². The largest absolute Gasteiger partial charge is 0.453 e. The lowest BCUT2D eigenvalue weighted by Gasteiger charge is -2.30. The van der Waals surface area contributed by atoms with Crippen LogP contribution in [-0.4, -0.2) is 41.9 Å². The van der Waals surface area contributed by atoms with E-state index in [-0.39, 0.29) is 22.3 Å². The first-order valence-electron chi connectivity index (χ1n) is 12.9. The first kappa shape index (κ1) is 35.7. The van der Waals surface area contributed by atoms with Crippen LogP contribution in [0.25, 0.3) is 11.4 Å². The normalized spacial score (nSPS) is 14.5. The number of anilines is 2. The number of nitrogens with two attached hydrogens (primary N) is 2. The summed E-state index contributed by atoms with van der Waals surface area (Å²) < 4.78 is 168. The fourth-order valence-electron chi connectivity index (χ4n) is 4.77. The molecule has 2 aromatic heterocycles. The van der Waals surface area contributed by atoms with Crippen molar-refractivity contribution in [3.05, 3.63) is 69.3 Å². The Kier molecular flexibility index (Phi) is 8.97. The van der Waals surface area contributed by atoms with Gasteiger partial charge < -0.3 is 11.5 Å². The van der Waals surface area contributed by atoms with Crippen molar-refractivity contribution in [3.8, 4) is 11.4 Å². The molecule has 2 aromatic carbocycles. The van der Waals surface area contributed by atoms with Gasteiger partial charge in [0.1, 0.15) is 10.5 Å². The maximum absolute atomic E-state index is 14.7. The van der Waals surface area contributed by atoms with E-state index in [9.17, 15) is 52.7 Å². The Hall–Kier alpha value is -4.17. The summed E-state index contributed by atoms with van der Waals surface area (Å²) in [6.45, 7) is 4.96. The number of rotatable bonds is 6. The molecule has 0 saturated carbocycles. The lowest BCUT2D eigenvalue weighted by atomic mass is 10.00. The molecular formula is C26H22F12N8S. The zero-order valence-electron chi connectivity index (χ0n) is 24.2. The van der Waals surface area contributed by atoms with Crippen LogP contribution in [0, 0.1) is 27.7 Å². The molecule has 0 spiro atoms. The summed E-state index contributed by atoms with van der Waals surface area (Å²) in [5.74, 6) is -5.08. The molecular weight excluding hydrogens is 684 g/mol. The smallest absolute Gasteiger partial charge is 0.368 e. The monoisotopic (exact) mass is 706 g/mol. The minimum atomic E-state index is -5.37. The first-order chi connectivity index (χ1) is 21.3. The number of aryl methyl sites for hydroxylation is 4. The van der Waals surface area contributed by atoms with Crippen LogP contribution >= 0.6 is 11.8 Å². The van der Waals surface area contributed by atoms with Gasteiger partial charge in [-0.3, -0.25) is 0 Å². The number of aromatic nitrogens is 6. The predicted octanol–water partition coefficient (Wildman–Crippen LogP) is 7.92. The summed E-state index contributed by atoms with van der Waals surface area (Å²) in [6.07, 6.45) is -20.9. The number of alkyl halides is 12. The van der Waals surface area contributed by atoms with Crippen LogP contribution in [0.3, 0.4) is 0 Å². The Morgan fingerprint density at radius 1 is 0.553 bits per heavy atom. The highest BCUT2D eigenvalue weighted by atomic mass is 32.2. The van der Waals surface area contributed by atoms with E-state index in [4.69, 9.17) is 11.5 Å². The van der Waals surface area contributed by atoms with Crippen LogP contribution in [0.4, 0.5) is 64.6 Å². The van der Waals surface area contributed by atoms with E-state index in [0.29, 0.717) is 9.36 Å². The molecule has 2 unspecified atom stereocenters. The average Bonchev–Trinajstić information content (AvgIpc) is 3.47. The molecule has 4 N–H and O–H groups in total. The molecule has 0 amide bonds. The van der Waals surface area contributed by atoms with Crippen LogP contribution in [0.2, 0.25) is 0 Å². The summed E-state index contributed by atoms with van der Waals surface area (Å²) in [5, 5.41) is 0.591. The van der Waals surface area contributed by atoms with Gasteiger partial charge in [-0.25, -0.2) is 0 Å². The fraction of sp³-hybridized carbons (Fsp3) is 0.385. The second-order valence-electron chi connectivity index (χ2n) is 10.4. The lowest BCUT2D eigenvalue weighted by molar-refractivity contribution is -0.145. The van der Waals surface area contributed by atoms with E-state index in [2.05, 4.69) is 20.2 Å². The molecule has 4 rings (SSSR count). The SMILES string of the molecule is Cc1cc(C)c(-n2nc(C(F)(F)F)nc2N)cc1C(SC(c1cc(-n2nc(C(F)(F)F)nc2N)c(C)cc1C)C(F)(F)F)C(F)(F)F. The van der Waals surface area contributed by atoms with Gasteiger partial charge in [0.2, 0.25) is 11.9 Å². The predicted molar refractivity (Wildman–Crippen MR) is 146 cm³/mol. The van der Waals surface area contributed by atoms with Crippen LogP contribution in [0.1, 0.15) is 55.5 Å². The van der Waals surface area contributed by atoms with Gasteiger partial charge in [-0.2, -0.15) is 72.0 Å². The first-order valence-corrected chi connectivity index (χ1v) is 13.9. The van der Waals surface area contributed by atoms with Gasteiger partial charge in [-0.05, 0) is 73.2 Å². The van der Waals surface area contributed by atoms with Crippen molar-refractivity contribution in [1.82, 2.24) is 29.5 Å². The molecule has 0 radical (unpaired) electrons. The molecule has 0 bridgehead atoms. The Morgan fingerprint density at radius 3 is 1.13 bits per heavy atom. The van der Waals surface area contributed by atoms with Gasteiger partial charge in [0.25, 0.3) is 11.6 Å². The van der Waals surface area contributed by atoms with E-state index in [1.54, 1.807) is 0 Å². The topological polar surface area (TPSA) is 113 Å². The number of nitrogens with zero attached hydrogens (tertiary/aromatic N) is 6. The number of hydrogen-bond acceptors (Lipinski definition) is 7. The number of thioether (sulfide) groups is 1. The van der Waals surface area contributed by atoms with Crippen LogP contribution in [0.5, 0.6) is 0 Å². The molecule has 2 atom stereocenters. The Bertz CT molecular complexity index is 1670. The minimum Gasteiger partial charge on any atom is -0.368 e. The van der Waals surface area contributed by atoms with Crippen LogP contribution in [0.15, 0.2) is 24.3 Å². The van der Waals surface area contributed by atoms with Crippen molar-refractivity contribution in [3.63, 3.8) is 0 Å². The van der Waals surface area contributed by atoms with Crippen molar-refractivity contribution in [2.24, 2.45) is 0 Å². The van der Waals surface area contributed by atoms with Gasteiger partial charge in [0.05, 0.1) is 11.4 Å². The number of benzene rings is 2. The highest BCUT2D eigenvalue weighted by Gasteiger charge is 2.51. The minimum absolute atomic E-state index is 0.0811. The molecule has 8 nitrogen and oxygen atoms in total. The van der Waals surface area contributed by atoms with Crippen molar-refractivity contribution in [1.29, 1.82) is 0 Å². The van der Waals surface area contributed by atoms with Gasteiger partial charge in [-0.15, -0.1) is 22.0 Å². The van der Waals surface area contributed by atoms with Crippen molar-refractivity contribution in [2.45, 2.75) is 62.9 Å². The number of nitrogen functional groups attached to an aromatic ring is 2. The van der Waals surface area contributed by atoms with Gasteiger partial charge in [0.15, 0.2) is 0 Å². The van der Waals surface area contributed by atoms with E-state index in [1.165, 1.54) is 27.7 Å². The Balaban J connectivity index is 1.88. The van der Waals surface area contributed by atoms with E-state index in [1.807, 2.05) is 0 Å². The molecule has 0 aliphatic carbocycles. The molecule has 2 heterocycles. The molecule has 256 valence electrons. The lowest BCUT2D eigenvalue weighted by Crippen LogP contribution is -2.26. The Morgan fingerprint density at radius 2 is 0.872 bits per heavy atom. The van der Waals surface area contributed by atoms with Gasteiger partial charge in [-0.1, -0.05) is 12.1 Å². The van der Waals surface area contributed by atoms with Crippen molar-refractivity contribution < 1.29 is 52.7 Å². The van der Waals surface area contributed by atoms with E-state index in [0.717, 1.165) is 24.3 Å². The molecule has 21 heteroatoms. The molecule has 0 saturated heterocycles. The highest BCUT2D eigenvalue weighted by molar-refractivity contribution is 7.99. The molecule has 0 aliphatic heterocycles. The molecule has 4 aromatic rings. The summed E-state index contributed by atoms with van der Waals surface area (Å²) in [4.78, 5) is 6.16. The summed E-state index contributed by atoms with van der Waals surface area (Å²) in [5.41, 5.74) is 8.66.